The normalized spacial score (nSPS) is 18.2. The van der Waals surface area contributed by atoms with Crippen LogP contribution in [0.3, 0.4) is 0 Å². The molecule has 1 unspecified atom stereocenters. The molecule has 0 spiro atoms. The highest BCUT2D eigenvalue weighted by Crippen LogP contribution is 2.47. The number of carbonyl (C=O) groups excluding carboxylic acids is 5. The van der Waals surface area contributed by atoms with Crippen LogP contribution in [-0.4, -0.2) is 64.2 Å². The van der Waals surface area contributed by atoms with E-state index in [2.05, 4.69) is 5.32 Å². The van der Waals surface area contributed by atoms with E-state index in [1.54, 1.807) is 30.3 Å². The molecule has 0 bridgehead atoms. The van der Waals surface area contributed by atoms with Crippen LogP contribution in [0, 0.1) is 10.1 Å². The second-order valence-electron chi connectivity index (χ2n) is 9.06. The van der Waals surface area contributed by atoms with Gasteiger partial charge in [-0.2, -0.15) is 0 Å². The van der Waals surface area contributed by atoms with Gasteiger partial charge in [0.1, 0.15) is 42.3 Å². The minimum atomic E-state index is -1.08. The first-order valence-corrected chi connectivity index (χ1v) is 13.5. The van der Waals surface area contributed by atoms with Crippen molar-refractivity contribution in [1.29, 1.82) is 0 Å². The van der Waals surface area contributed by atoms with Crippen LogP contribution in [0.15, 0.2) is 77.0 Å². The van der Waals surface area contributed by atoms with E-state index in [-0.39, 0.29) is 35.1 Å². The predicted octanol–water partition coefficient (Wildman–Crippen LogP) is 2.34. The number of para-hydroxylation sites is 1. The molecule has 2 amide bonds. The summed E-state index contributed by atoms with van der Waals surface area (Å²) in [6.45, 7) is 1.17. The molecule has 15 heteroatoms. The lowest BCUT2D eigenvalue weighted by atomic mass is 10.0. The van der Waals surface area contributed by atoms with Gasteiger partial charge in [-0.15, -0.1) is 0 Å². The van der Waals surface area contributed by atoms with E-state index in [0.717, 1.165) is 36.8 Å². The number of nitrogens with one attached hydrogen (secondary N) is 1. The summed E-state index contributed by atoms with van der Waals surface area (Å²) in [5, 5.41) is 12.7. The quantitative estimate of drug-likeness (QED) is 0.0980. The molecule has 2 aromatic rings. The molecule has 0 aliphatic carbocycles. The summed E-state index contributed by atoms with van der Waals surface area (Å²) >= 11 is 1.00. The van der Waals surface area contributed by atoms with Gasteiger partial charge >= 0.3 is 17.9 Å². The van der Waals surface area contributed by atoms with Crippen molar-refractivity contribution >= 4 is 47.2 Å². The van der Waals surface area contributed by atoms with Gasteiger partial charge in [0.25, 0.3) is 17.5 Å². The summed E-state index contributed by atoms with van der Waals surface area (Å²) in [7, 11) is 0. The van der Waals surface area contributed by atoms with Gasteiger partial charge in [0, 0.05) is 31.6 Å². The van der Waals surface area contributed by atoms with Gasteiger partial charge in [-0.3, -0.25) is 34.2 Å². The molecule has 224 valence electrons. The Bertz CT molecular complexity index is 1510. The number of ether oxygens (including phenoxy) is 4. The van der Waals surface area contributed by atoms with Gasteiger partial charge in [0.2, 0.25) is 0 Å². The lowest BCUT2D eigenvalue weighted by Crippen LogP contribution is -2.70. The third kappa shape index (κ3) is 7.56. The number of fused-ring (bicyclic) bond motifs is 1. The summed E-state index contributed by atoms with van der Waals surface area (Å²) in [6, 6.07) is 12.8. The first kappa shape index (κ1) is 30.8. The number of hydrogen-bond acceptors (Lipinski definition) is 12. The molecule has 0 aromatic heterocycles. The van der Waals surface area contributed by atoms with Crippen molar-refractivity contribution in [3.63, 3.8) is 0 Å². The van der Waals surface area contributed by atoms with Crippen molar-refractivity contribution in [2.75, 3.05) is 13.2 Å². The third-order valence-electron chi connectivity index (χ3n) is 6.01. The Morgan fingerprint density at radius 1 is 1.00 bits per heavy atom. The fourth-order valence-electron chi connectivity index (χ4n) is 4.00. The Hall–Kier alpha value is -5.18. The van der Waals surface area contributed by atoms with E-state index in [1.165, 1.54) is 24.3 Å². The number of carbonyl (C=O) groups is 5. The van der Waals surface area contributed by atoms with E-state index in [9.17, 15) is 34.1 Å². The molecule has 2 aliphatic rings. The Kier molecular flexibility index (Phi) is 9.77. The monoisotopic (exact) mass is 611 g/mol. The molecule has 0 radical (unpaired) electrons. The number of esters is 3. The van der Waals surface area contributed by atoms with Crippen LogP contribution in [0.25, 0.3) is 0 Å². The van der Waals surface area contributed by atoms with Gasteiger partial charge in [-0.25, -0.2) is 4.79 Å². The second kappa shape index (κ2) is 13.7. The third-order valence-corrected chi connectivity index (χ3v) is 7.33. The number of non-ortho nitro benzene ring substituents is 1. The van der Waals surface area contributed by atoms with E-state index < -0.39 is 52.7 Å². The molecule has 2 heterocycles. The number of nitro groups is 1. The van der Waals surface area contributed by atoms with E-state index >= 15 is 0 Å². The van der Waals surface area contributed by atoms with E-state index in [1.807, 2.05) is 0 Å². The zero-order chi connectivity index (χ0) is 31.1. The second-order valence-corrected chi connectivity index (χ2v) is 10.2. The maximum absolute atomic E-state index is 13.4. The summed E-state index contributed by atoms with van der Waals surface area (Å²) in [5.74, 6) is -3.11. The van der Waals surface area contributed by atoms with Gasteiger partial charge in [0.05, 0.1) is 9.83 Å². The number of thioether (sulfide) groups is 1. The fraction of sp³-hybridized carbons (Fsp3) is 0.250. The number of nitrogens with zero attached hydrogens (tertiary/aromatic N) is 2. The van der Waals surface area contributed by atoms with Crippen LogP contribution in [0.2, 0.25) is 0 Å². The molecule has 1 N–H and O–H groups in total. The number of nitro benzene ring substituents is 1. The molecule has 1 saturated heterocycles. The number of rotatable bonds is 11. The largest absolute Gasteiger partial charge is 0.484 e. The standard InChI is InChI=1S/C28H25N3O11S/c1-16(32)39-13-21-22(14-40-17(2)33)43-27-24(29-23(34)15-41-20-6-4-3-5-7-20)26(35)30(27)25(21)28(36)42-12-18-8-10-19(11-9-18)31(37)38/h3-11,14,24,27H,12-13,15H2,1-2H3,(H,29,34)/t24?,27-/m0/s1. The number of amides is 2. The minimum absolute atomic E-state index is 0.0388. The number of β-lactam (4-membered cyclic amide) rings is 1. The van der Waals surface area contributed by atoms with Gasteiger partial charge in [-0.1, -0.05) is 30.0 Å². The molecular weight excluding hydrogens is 586 g/mol. The van der Waals surface area contributed by atoms with Crippen molar-refractivity contribution in [2.24, 2.45) is 0 Å². The zero-order valence-electron chi connectivity index (χ0n) is 22.8. The molecule has 43 heavy (non-hydrogen) atoms. The molecule has 4 rings (SSSR count). The Labute approximate surface area is 248 Å². The molecule has 1 fully saturated rings. The van der Waals surface area contributed by atoms with Gasteiger partial charge < -0.3 is 24.3 Å². The lowest BCUT2D eigenvalue weighted by molar-refractivity contribution is -0.384. The maximum Gasteiger partial charge on any atom is 0.355 e. The minimum Gasteiger partial charge on any atom is -0.484 e. The summed E-state index contributed by atoms with van der Waals surface area (Å²) in [4.78, 5) is 74.2. The molecule has 0 saturated carbocycles. The average Bonchev–Trinajstić information content (AvgIpc) is 2.99. The van der Waals surface area contributed by atoms with Crippen LogP contribution < -0.4 is 10.1 Å². The van der Waals surface area contributed by atoms with E-state index in [4.69, 9.17) is 18.9 Å². The van der Waals surface area contributed by atoms with Crippen LogP contribution in [0.1, 0.15) is 19.4 Å². The topological polar surface area (TPSA) is 181 Å². The van der Waals surface area contributed by atoms with Crippen molar-refractivity contribution < 1.29 is 47.8 Å². The highest BCUT2D eigenvalue weighted by Gasteiger charge is 2.56. The van der Waals surface area contributed by atoms with Crippen LogP contribution in [0.5, 0.6) is 5.75 Å². The lowest BCUT2D eigenvalue weighted by Gasteiger charge is -2.49. The Morgan fingerprint density at radius 3 is 2.33 bits per heavy atom. The first-order chi connectivity index (χ1) is 20.5. The van der Waals surface area contributed by atoms with Crippen molar-refractivity contribution in [1.82, 2.24) is 10.2 Å². The molecule has 2 aliphatic heterocycles. The zero-order valence-corrected chi connectivity index (χ0v) is 23.7. The number of hydrogen-bond donors (Lipinski definition) is 1. The van der Waals surface area contributed by atoms with Crippen molar-refractivity contribution in [3.05, 3.63) is 92.7 Å². The smallest absolute Gasteiger partial charge is 0.355 e. The molecule has 14 nitrogen and oxygen atoms in total. The van der Waals surface area contributed by atoms with E-state index in [0.29, 0.717) is 11.3 Å². The van der Waals surface area contributed by atoms with Crippen molar-refractivity contribution in [3.8, 4) is 5.75 Å². The van der Waals surface area contributed by atoms with Crippen LogP contribution >= 0.6 is 11.8 Å². The predicted molar refractivity (Wildman–Crippen MR) is 148 cm³/mol. The Balaban J connectivity index is 1.58. The summed E-state index contributed by atoms with van der Waals surface area (Å²) < 4.78 is 21.0. The summed E-state index contributed by atoms with van der Waals surface area (Å²) in [6.07, 6.45) is 1.06. The van der Waals surface area contributed by atoms with Crippen LogP contribution in [0.4, 0.5) is 5.69 Å². The number of benzene rings is 2. The molecular formula is C28H25N3O11S. The average molecular weight is 612 g/mol. The highest BCUT2D eigenvalue weighted by atomic mass is 32.2. The van der Waals surface area contributed by atoms with Crippen LogP contribution in [-0.2, 0) is 44.8 Å². The molecule has 2 atom stereocenters. The van der Waals surface area contributed by atoms with Gasteiger partial charge in [0.15, 0.2) is 6.61 Å². The highest BCUT2D eigenvalue weighted by molar-refractivity contribution is 8.04. The molecule has 2 aromatic carbocycles. The summed E-state index contributed by atoms with van der Waals surface area (Å²) in [5.41, 5.74) is 0.0394. The maximum atomic E-state index is 13.4. The van der Waals surface area contributed by atoms with Gasteiger partial charge in [-0.05, 0) is 29.8 Å². The Morgan fingerprint density at radius 2 is 1.70 bits per heavy atom. The first-order valence-electron chi connectivity index (χ1n) is 12.7. The SMILES string of the molecule is CC(=O)OC=C1S[C@H]2C(NC(=O)COc3ccccc3)C(=O)N2C(C(=O)OCc2ccc([N+](=O)[O-])cc2)=C1COC(C)=O. The fourth-order valence-corrected chi connectivity index (χ4v) is 5.30. The van der Waals surface area contributed by atoms with Crippen molar-refractivity contribution in [2.45, 2.75) is 31.9 Å².